The van der Waals surface area contributed by atoms with E-state index in [1.165, 1.54) is 12.7 Å². The van der Waals surface area contributed by atoms with Crippen LogP contribution in [-0.2, 0) is 15.1 Å². The normalized spacial score (nSPS) is 16.4. The van der Waals surface area contributed by atoms with Crippen LogP contribution in [0.3, 0.4) is 0 Å². The van der Waals surface area contributed by atoms with E-state index in [0.717, 1.165) is 18.6 Å². The Balaban J connectivity index is 2.02. The van der Waals surface area contributed by atoms with Crippen LogP contribution >= 0.6 is 0 Å². The highest BCUT2D eigenvalue weighted by Gasteiger charge is 2.44. The van der Waals surface area contributed by atoms with Crippen molar-refractivity contribution in [2.75, 3.05) is 20.8 Å². The van der Waals surface area contributed by atoms with Crippen LogP contribution < -0.4 is 10.1 Å². The third kappa shape index (κ3) is 2.58. The third-order valence-electron chi connectivity index (χ3n) is 3.19. The van der Waals surface area contributed by atoms with Crippen molar-refractivity contribution in [1.82, 2.24) is 5.32 Å². The van der Waals surface area contributed by atoms with E-state index < -0.39 is 0 Å². The molecular formula is C13H17NO3. The van der Waals surface area contributed by atoms with E-state index >= 15 is 0 Å². The van der Waals surface area contributed by atoms with Gasteiger partial charge in [0.1, 0.15) is 5.75 Å². The molecule has 0 aliphatic heterocycles. The lowest BCUT2D eigenvalue weighted by atomic mass is 10.0. The van der Waals surface area contributed by atoms with Crippen molar-refractivity contribution < 1.29 is 14.3 Å². The summed E-state index contributed by atoms with van der Waals surface area (Å²) in [5, 5.41) is 3.26. The first-order valence-corrected chi connectivity index (χ1v) is 5.66. The van der Waals surface area contributed by atoms with Gasteiger partial charge in [-0.25, -0.2) is 0 Å². The van der Waals surface area contributed by atoms with Gasteiger partial charge in [-0.2, -0.15) is 0 Å². The molecule has 1 aromatic carbocycles. The van der Waals surface area contributed by atoms with E-state index in [1.807, 2.05) is 24.3 Å². The number of hydrogen-bond donors (Lipinski definition) is 1. The number of nitrogens with one attached hydrogen (secondary N) is 1. The highest BCUT2D eigenvalue weighted by molar-refractivity contribution is 5.71. The Labute approximate surface area is 101 Å². The summed E-state index contributed by atoms with van der Waals surface area (Å²) >= 11 is 0. The quantitative estimate of drug-likeness (QED) is 0.785. The van der Waals surface area contributed by atoms with Gasteiger partial charge in [-0.05, 0) is 30.5 Å². The SMILES string of the molecule is COC(=O)CNC1(c2ccc(OC)cc2)CC1. The van der Waals surface area contributed by atoms with E-state index in [4.69, 9.17) is 4.74 Å². The first kappa shape index (κ1) is 11.9. The summed E-state index contributed by atoms with van der Waals surface area (Å²) < 4.78 is 9.75. The maximum atomic E-state index is 11.1. The van der Waals surface area contributed by atoms with Crippen LogP contribution in [0, 0.1) is 0 Å². The van der Waals surface area contributed by atoms with Crippen molar-refractivity contribution >= 4 is 5.97 Å². The molecule has 0 amide bonds. The smallest absolute Gasteiger partial charge is 0.319 e. The second-order valence-electron chi connectivity index (χ2n) is 4.24. The molecule has 2 rings (SSSR count). The summed E-state index contributed by atoms with van der Waals surface area (Å²) in [5.74, 6) is 0.613. The number of hydrogen-bond acceptors (Lipinski definition) is 4. The van der Waals surface area contributed by atoms with Crippen molar-refractivity contribution in [3.63, 3.8) is 0 Å². The number of methoxy groups -OCH3 is 2. The molecule has 92 valence electrons. The Bertz CT molecular complexity index is 396. The molecule has 17 heavy (non-hydrogen) atoms. The Morgan fingerprint density at radius 3 is 2.41 bits per heavy atom. The van der Waals surface area contributed by atoms with E-state index in [9.17, 15) is 4.79 Å². The predicted octanol–water partition coefficient (Wildman–Crippen LogP) is 1.45. The third-order valence-corrected chi connectivity index (χ3v) is 3.19. The second kappa shape index (κ2) is 4.75. The van der Waals surface area contributed by atoms with Crippen LogP contribution in [-0.4, -0.2) is 26.7 Å². The molecule has 1 aliphatic rings. The maximum absolute atomic E-state index is 11.1. The summed E-state index contributed by atoms with van der Waals surface area (Å²) in [4.78, 5) is 11.1. The van der Waals surface area contributed by atoms with Gasteiger partial charge in [0.2, 0.25) is 0 Å². The van der Waals surface area contributed by atoms with Gasteiger partial charge in [0.05, 0.1) is 20.8 Å². The van der Waals surface area contributed by atoms with E-state index in [0.29, 0.717) is 0 Å². The second-order valence-corrected chi connectivity index (χ2v) is 4.24. The number of esters is 1. The average molecular weight is 235 g/mol. The molecule has 0 atom stereocenters. The number of carbonyl (C=O) groups is 1. The molecule has 1 fully saturated rings. The lowest BCUT2D eigenvalue weighted by Gasteiger charge is -2.17. The van der Waals surface area contributed by atoms with Crippen molar-refractivity contribution in [2.45, 2.75) is 18.4 Å². The molecule has 0 heterocycles. The molecule has 1 aliphatic carbocycles. The van der Waals surface area contributed by atoms with Crippen molar-refractivity contribution in [3.05, 3.63) is 29.8 Å². The molecule has 1 aromatic rings. The zero-order chi connectivity index (χ0) is 12.3. The van der Waals surface area contributed by atoms with Crippen LogP contribution in [0.25, 0.3) is 0 Å². The fourth-order valence-corrected chi connectivity index (χ4v) is 1.92. The van der Waals surface area contributed by atoms with Gasteiger partial charge in [-0.3, -0.25) is 10.1 Å². The van der Waals surface area contributed by atoms with E-state index in [1.54, 1.807) is 7.11 Å². The topological polar surface area (TPSA) is 47.6 Å². The minimum atomic E-state index is -0.232. The van der Waals surface area contributed by atoms with Gasteiger partial charge in [0, 0.05) is 5.54 Å². The first-order chi connectivity index (χ1) is 8.20. The summed E-state index contributed by atoms with van der Waals surface area (Å²) in [6, 6.07) is 7.96. The molecule has 1 saturated carbocycles. The van der Waals surface area contributed by atoms with Crippen molar-refractivity contribution in [2.24, 2.45) is 0 Å². The molecule has 0 spiro atoms. The summed E-state index contributed by atoms with van der Waals surface area (Å²) in [5.41, 5.74) is 1.16. The number of carbonyl (C=O) groups excluding carboxylic acids is 1. The molecule has 4 heteroatoms. The summed E-state index contributed by atoms with van der Waals surface area (Å²) in [7, 11) is 3.05. The minimum absolute atomic E-state index is 0.0412. The van der Waals surface area contributed by atoms with Crippen LogP contribution in [0.15, 0.2) is 24.3 Å². The molecule has 1 N–H and O–H groups in total. The van der Waals surface area contributed by atoms with Crippen molar-refractivity contribution in [1.29, 1.82) is 0 Å². The predicted molar refractivity (Wildman–Crippen MR) is 63.9 cm³/mol. The average Bonchev–Trinajstić information content (AvgIpc) is 3.17. The van der Waals surface area contributed by atoms with Gasteiger partial charge < -0.3 is 9.47 Å². The zero-order valence-electron chi connectivity index (χ0n) is 10.2. The van der Waals surface area contributed by atoms with Gasteiger partial charge >= 0.3 is 5.97 Å². The fraction of sp³-hybridized carbons (Fsp3) is 0.462. The molecule has 0 radical (unpaired) electrons. The highest BCUT2D eigenvalue weighted by atomic mass is 16.5. The number of rotatable bonds is 5. The maximum Gasteiger partial charge on any atom is 0.319 e. The molecule has 4 nitrogen and oxygen atoms in total. The summed E-state index contributed by atoms with van der Waals surface area (Å²) in [6.07, 6.45) is 2.10. The van der Waals surface area contributed by atoms with Crippen LogP contribution in [0.4, 0.5) is 0 Å². The molecule has 0 aromatic heterocycles. The lowest BCUT2D eigenvalue weighted by Crippen LogP contribution is -2.34. The van der Waals surface area contributed by atoms with Crippen LogP contribution in [0.1, 0.15) is 18.4 Å². The van der Waals surface area contributed by atoms with E-state index in [-0.39, 0.29) is 18.1 Å². The van der Waals surface area contributed by atoms with Gasteiger partial charge in [-0.1, -0.05) is 12.1 Å². The lowest BCUT2D eigenvalue weighted by molar-refractivity contribution is -0.139. The van der Waals surface area contributed by atoms with Gasteiger partial charge in [0.25, 0.3) is 0 Å². The van der Waals surface area contributed by atoms with Gasteiger partial charge in [0.15, 0.2) is 0 Å². The number of benzene rings is 1. The largest absolute Gasteiger partial charge is 0.497 e. The van der Waals surface area contributed by atoms with Crippen molar-refractivity contribution in [3.8, 4) is 5.75 Å². The monoisotopic (exact) mass is 235 g/mol. The highest BCUT2D eigenvalue weighted by Crippen LogP contribution is 2.45. The minimum Gasteiger partial charge on any atom is -0.497 e. The Hall–Kier alpha value is -1.55. The molecule has 0 unspecified atom stereocenters. The first-order valence-electron chi connectivity index (χ1n) is 5.66. The Morgan fingerprint density at radius 1 is 1.29 bits per heavy atom. The van der Waals surface area contributed by atoms with Crippen LogP contribution in [0.5, 0.6) is 5.75 Å². The Kier molecular flexibility index (Phi) is 3.33. The molecule has 0 saturated heterocycles. The Morgan fingerprint density at radius 2 is 1.94 bits per heavy atom. The summed E-state index contributed by atoms with van der Waals surface area (Å²) in [6.45, 7) is 0.253. The van der Waals surface area contributed by atoms with Crippen LogP contribution in [0.2, 0.25) is 0 Å². The molecule has 0 bridgehead atoms. The van der Waals surface area contributed by atoms with E-state index in [2.05, 4.69) is 10.1 Å². The molecular weight excluding hydrogens is 218 g/mol. The zero-order valence-corrected chi connectivity index (χ0v) is 10.2. The number of ether oxygens (including phenoxy) is 2. The standard InChI is InChI=1S/C13H17NO3/c1-16-11-5-3-10(4-6-11)13(7-8-13)14-9-12(15)17-2/h3-6,14H,7-9H2,1-2H3. The fourth-order valence-electron chi connectivity index (χ4n) is 1.92. The van der Waals surface area contributed by atoms with Gasteiger partial charge in [-0.15, -0.1) is 0 Å².